The van der Waals surface area contributed by atoms with Gasteiger partial charge in [-0.2, -0.15) is 4.80 Å². The number of halogens is 3. The van der Waals surface area contributed by atoms with Gasteiger partial charge < -0.3 is 5.32 Å². The molecule has 0 radical (unpaired) electrons. The number of aromatic nitrogens is 4. The Balaban J connectivity index is 1.75. The second kappa shape index (κ2) is 10.8. The molecular formula is C27H25F3N6O2. The summed E-state index contributed by atoms with van der Waals surface area (Å²) in [7, 11) is 0. The lowest BCUT2D eigenvalue weighted by Gasteiger charge is -2.33. The van der Waals surface area contributed by atoms with Gasteiger partial charge in [0.2, 0.25) is 11.7 Å². The Labute approximate surface area is 217 Å². The van der Waals surface area contributed by atoms with Gasteiger partial charge in [-0.25, -0.2) is 13.2 Å². The van der Waals surface area contributed by atoms with Gasteiger partial charge in [0.05, 0.1) is 5.69 Å². The summed E-state index contributed by atoms with van der Waals surface area (Å²) in [6, 6.07) is 14.6. The van der Waals surface area contributed by atoms with Crippen molar-refractivity contribution in [3.8, 4) is 11.4 Å². The quantitative estimate of drug-likeness (QED) is 0.387. The number of nitrogens with one attached hydrogen (secondary N) is 1. The number of rotatable bonds is 7. The molecule has 1 heterocycles. The lowest BCUT2D eigenvalue weighted by atomic mass is 10.0. The first-order chi connectivity index (χ1) is 18.0. The molecule has 0 aliphatic heterocycles. The fourth-order valence-corrected chi connectivity index (χ4v) is 3.79. The van der Waals surface area contributed by atoms with Crippen LogP contribution >= 0.6 is 0 Å². The van der Waals surface area contributed by atoms with Crippen LogP contribution in [-0.4, -0.2) is 37.6 Å². The Kier molecular flexibility index (Phi) is 7.56. The molecule has 2 amide bonds. The van der Waals surface area contributed by atoms with Gasteiger partial charge in [0.1, 0.15) is 30.0 Å². The molecule has 1 atom stereocenters. The topological polar surface area (TPSA) is 93.0 Å². The molecule has 8 nitrogen and oxygen atoms in total. The molecule has 1 N–H and O–H groups in total. The van der Waals surface area contributed by atoms with E-state index < -0.39 is 47.4 Å². The van der Waals surface area contributed by atoms with E-state index in [-0.39, 0.29) is 17.1 Å². The zero-order valence-corrected chi connectivity index (χ0v) is 20.9. The monoisotopic (exact) mass is 522 g/mol. The normalized spacial score (nSPS) is 12.2. The molecule has 0 unspecified atom stereocenters. The van der Waals surface area contributed by atoms with Crippen molar-refractivity contribution in [2.45, 2.75) is 38.9 Å². The summed E-state index contributed by atoms with van der Waals surface area (Å²) in [6.07, 6.45) is 0. The van der Waals surface area contributed by atoms with Crippen LogP contribution in [0.5, 0.6) is 0 Å². The first-order valence-corrected chi connectivity index (χ1v) is 11.7. The summed E-state index contributed by atoms with van der Waals surface area (Å²) in [5.74, 6) is -2.88. The summed E-state index contributed by atoms with van der Waals surface area (Å²) in [5, 5.41) is 14.8. The summed E-state index contributed by atoms with van der Waals surface area (Å²) < 4.78 is 42.1. The molecule has 3 aromatic carbocycles. The molecule has 196 valence electrons. The van der Waals surface area contributed by atoms with Crippen molar-refractivity contribution >= 4 is 17.5 Å². The molecular weight excluding hydrogens is 497 g/mol. The highest BCUT2D eigenvalue weighted by molar-refractivity contribution is 6.01. The summed E-state index contributed by atoms with van der Waals surface area (Å²) >= 11 is 0. The first kappa shape index (κ1) is 26.5. The fourth-order valence-electron chi connectivity index (χ4n) is 3.79. The van der Waals surface area contributed by atoms with Crippen LogP contribution in [0.2, 0.25) is 0 Å². The highest BCUT2D eigenvalue weighted by Gasteiger charge is 2.36. The SMILES string of the molecule is CC(C)(C)NC(=O)[C@@H](c1ccc(F)cc1)N(C(=O)Cn1nnc(-c2ccc(F)cc2)n1)c1ccccc1F. The van der Waals surface area contributed by atoms with Crippen LogP contribution in [-0.2, 0) is 16.1 Å². The van der Waals surface area contributed by atoms with Crippen LogP contribution in [0.15, 0.2) is 72.8 Å². The third kappa shape index (κ3) is 6.23. The van der Waals surface area contributed by atoms with Crippen LogP contribution in [0.25, 0.3) is 11.4 Å². The van der Waals surface area contributed by atoms with Gasteiger partial charge in [-0.15, -0.1) is 10.2 Å². The van der Waals surface area contributed by atoms with Crippen LogP contribution in [0.3, 0.4) is 0 Å². The van der Waals surface area contributed by atoms with E-state index in [9.17, 15) is 18.4 Å². The third-order valence-electron chi connectivity index (χ3n) is 5.40. The maximum Gasteiger partial charge on any atom is 0.251 e. The summed E-state index contributed by atoms with van der Waals surface area (Å²) in [6.45, 7) is 4.79. The van der Waals surface area contributed by atoms with Crippen molar-refractivity contribution in [2.24, 2.45) is 0 Å². The largest absolute Gasteiger partial charge is 0.349 e. The van der Waals surface area contributed by atoms with E-state index in [4.69, 9.17) is 0 Å². The Morgan fingerprint density at radius 3 is 2.13 bits per heavy atom. The van der Waals surface area contributed by atoms with Crippen molar-refractivity contribution in [2.75, 3.05) is 4.90 Å². The van der Waals surface area contributed by atoms with Crippen LogP contribution in [0.4, 0.5) is 18.9 Å². The predicted octanol–water partition coefficient (Wildman–Crippen LogP) is 4.45. The Morgan fingerprint density at radius 1 is 0.921 bits per heavy atom. The molecule has 4 rings (SSSR count). The lowest BCUT2D eigenvalue weighted by molar-refractivity contribution is -0.128. The van der Waals surface area contributed by atoms with E-state index >= 15 is 4.39 Å². The minimum absolute atomic E-state index is 0.149. The molecule has 0 saturated carbocycles. The van der Waals surface area contributed by atoms with E-state index in [1.807, 2.05) is 0 Å². The number of amides is 2. The minimum atomic E-state index is -1.35. The number of hydrogen-bond donors (Lipinski definition) is 1. The predicted molar refractivity (Wildman–Crippen MR) is 134 cm³/mol. The number of hydrogen-bond acceptors (Lipinski definition) is 5. The first-order valence-electron chi connectivity index (χ1n) is 11.7. The number of carbonyl (C=O) groups excluding carboxylic acids is 2. The number of tetrazole rings is 1. The second-order valence-corrected chi connectivity index (χ2v) is 9.56. The zero-order valence-electron chi connectivity index (χ0n) is 20.9. The van der Waals surface area contributed by atoms with E-state index in [2.05, 4.69) is 20.7 Å². The standard InChI is InChI=1S/C27H25F3N6O2/c1-27(2,3)31-26(38)24(17-8-12-19(28)13-9-17)36(22-7-5-4-6-21(22)30)23(37)16-35-33-25(32-34-35)18-10-14-20(29)15-11-18/h4-15,24H,16H2,1-3H3,(H,31,38)/t24-/m1/s1. The van der Waals surface area contributed by atoms with Crippen molar-refractivity contribution in [1.29, 1.82) is 0 Å². The Morgan fingerprint density at radius 2 is 1.53 bits per heavy atom. The number of benzene rings is 3. The minimum Gasteiger partial charge on any atom is -0.349 e. The van der Waals surface area contributed by atoms with Crippen LogP contribution in [0.1, 0.15) is 32.4 Å². The van der Waals surface area contributed by atoms with Crippen molar-refractivity contribution in [1.82, 2.24) is 25.5 Å². The molecule has 0 saturated heterocycles. The number of anilines is 1. The molecule has 0 aliphatic rings. The van der Waals surface area contributed by atoms with Crippen molar-refractivity contribution < 1.29 is 22.8 Å². The number of nitrogens with zero attached hydrogens (tertiary/aromatic N) is 5. The van der Waals surface area contributed by atoms with Gasteiger partial charge in [-0.3, -0.25) is 14.5 Å². The van der Waals surface area contributed by atoms with Gasteiger partial charge in [0.15, 0.2) is 0 Å². The van der Waals surface area contributed by atoms with E-state index in [0.717, 1.165) is 21.8 Å². The smallest absolute Gasteiger partial charge is 0.251 e. The molecule has 38 heavy (non-hydrogen) atoms. The van der Waals surface area contributed by atoms with Gasteiger partial charge >= 0.3 is 0 Å². The molecule has 1 aromatic heterocycles. The number of para-hydroxylation sites is 1. The Hall–Kier alpha value is -4.54. The highest BCUT2D eigenvalue weighted by atomic mass is 19.1. The van der Waals surface area contributed by atoms with E-state index in [1.165, 1.54) is 60.7 Å². The van der Waals surface area contributed by atoms with Crippen molar-refractivity contribution in [3.63, 3.8) is 0 Å². The Bertz CT molecular complexity index is 1430. The van der Waals surface area contributed by atoms with E-state index in [1.54, 1.807) is 20.8 Å². The van der Waals surface area contributed by atoms with Crippen LogP contribution < -0.4 is 10.2 Å². The number of carbonyl (C=O) groups is 2. The molecule has 0 aliphatic carbocycles. The molecule has 0 spiro atoms. The van der Waals surface area contributed by atoms with Gasteiger partial charge in [-0.05, 0) is 80.1 Å². The average Bonchev–Trinajstić information content (AvgIpc) is 3.31. The molecule has 0 bridgehead atoms. The summed E-state index contributed by atoms with van der Waals surface area (Å²) in [4.78, 5) is 29.3. The third-order valence-corrected chi connectivity index (χ3v) is 5.40. The maximum absolute atomic E-state index is 15.1. The maximum atomic E-state index is 15.1. The fraction of sp³-hybridized carbons (Fsp3) is 0.222. The zero-order chi connectivity index (χ0) is 27.4. The van der Waals surface area contributed by atoms with Crippen molar-refractivity contribution in [3.05, 3.63) is 95.8 Å². The molecule has 0 fully saturated rings. The molecule has 4 aromatic rings. The summed E-state index contributed by atoms with van der Waals surface area (Å²) in [5.41, 5.74) is -0.0977. The van der Waals surface area contributed by atoms with E-state index in [0.29, 0.717) is 5.56 Å². The van der Waals surface area contributed by atoms with Crippen LogP contribution in [0, 0.1) is 17.5 Å². The van der Waals surface area contributed by atoms with Gasteiger partial charge in [-0.1, -0.05) is 24.3 Å². The highest BCUT2D eigenvalue weighted by Crippen LogP contribution is 2.31. The van der Waals surface area contributed by atoms with Gasteiger partial charge in [0.25, 0.3) is 5.91 Å². The lowest BCUT2D eigenvalue weighted by Crippen LogP contribution is -2.50. The second-order valence-electron chi connectivity index (χ2n) is 9.56. The molecule has 11 heteroatoms. The van der Waals surface area contributed by atoms with Gasteiger partial charge in [0, 0.05) is 11.1 Å². The average molecular weight is 523 g/mol.